The molecule has 0 aromatic rings. The zero-order chi connectivity index (χ0) is 9.38. The number of rotatable bonds is 3. The highest BCUT2D eigenvalue weighted by molar-refractivity contribution is 4.92. The Morgan fingerprint density at radius 3 is 2.86 bits per heavy atom. The highest BCUT2D eigenvalue weighted by atomic mass is 15.2. The van der Waals surface area contributed by atoms with E-state index in [-0.39, 0.29) is 0 Å². The maximum atomic E-state index is 3.67. The molecule has 1 aliphatic carbocycles. The Kier molecular flexibility index (Phi) is 2.50. The Hall–Kier alpha value is -0.0800. The molecule has 2 heteroatoms. The molecule has 0 amide bonds. The fourth-order valence-corrected chi connectivity index (χ4v) is 3.09. The first-order valence-corrected chi connectivity index (χ1v) is 6.37. The first kappa shape index (κ1) is 9.17. The van der Waals surface area contributed by atoms with Gasteiger partial charge < -0.3 is 10.2 Å². The van der Waals surface area contributed by atoms with Crippen LogP contribution in [0.2, 0.25) is 0 Å². The predicted molar refractivity (Wildman–Crippen MR) is 58.3 cm³/mol. The maximum absolute atomic E-state index is 3.67. The number of piperidine rings is 1. The van der Waals surface area contributed by atoms with Crippen molar-refractivity contribution in [2.75, 3.05) is 26.2 Å². The van der Waals surface area contributed by atoms with Gasteiger partial charge in [-0.15, -0.1) is 0 Å². The highest BCUT2D eigenvalue weighted by Gasteiger charge is 2.34. The first-order chi connectivity index (χ1) is 6.92. The quantitative estimate of drug-likeness (QED) is 0.732. The van der Waals surface area contributed by atoms with Gasteiger partial charge in [0.1, 0.15) is 0 Å². The van der Waals surface area contributed by atoms with Crippen LogP contribution in [0, 0.1) is 11.8 Å². The van der Waals surface area contributed by atoms with Crippen LogP contribution in [-0.2, 0) is 0 Å². The number of hydrogen-bond acceptors (Lipinski definition) is 2. The van der Waals surface area contributed by atoms with Gasteiger partial charge in [-0.3, -0.25) is 0 Å². The molecule has 1 saturated carbocycles. The topological polar surface area (TPSA) is 15.3 Å². The molecule has 80 valence electrons. The third kappa shape index (κ3) is 1.96. The molecule has 3 fully saturated rings. The monoisotopic (exact) mass is 194 g/mol. The van der Waals surface area contributed by atoms with Crippen molar-refractivity contribution in [3.8, 4) is 0 Å². The summed E-state index contributed by atoms with van der Waals surface area (Å²) in [5.41, 5.74) is 0. The van der Waals surface area contributed by atoms with Crippen LogP contribution in [-0.4, -0.2) is 37.1 Å². The molecule has 1 N–H and O–H groups in total. The minimum atomic E-state index is 0.836. The van der Waals surface area contributed by atoms with Crippen molar-refractivity contribution in [3.63, 3.8) is 0 Å². The van der Waals surface area contributed by atoms with E-state index in [0.29, 0.717) is 0 Å². The van der Waals surface area contributed by atoms with Gasteiger partial charge in [0.25, 0.3) is 0 Å². The third-order valence-electron chi connectivity index (χ3n) is 4.23. The minimum Gasteiger partial charge on any atom is -0.312 e. The van der Waals surface area contributed by atoms with Crippen LogP contribution in [0.15, 0.2) is 0 Å². The van der Waals surface area contributed by atoms with Crippen molar-refractivity contribution in [1.29, 1.82) is 0 Å². The van der Waals surface area contributed by atoms with Crippen LogP contribution in [0.1, 0.15) is 32.1 Å². The van der Waals surface area contributed by atoms with Crippen molar-refractivity contribution >= 4 is 0 Å². The van der Waals surface area contributed by atoms with Gasteiger partial charge in [-0.05, 0) is 44.2 Å². The zero-order valence-electron chi connectivity index (χ0n) is 9.04. The van der Waals surface area contributed by atoms with Crippen LogP contribution in [0.25, 0.3) is 0 Å². The van der Waals surface area contributed by atoms with Crippen molar-refractivity contribution in [3.05, 3.63) is 0 Å². The Balaban J connectivity index is 1.47. The standard InChI is InChI=1S/C12H22N2/c1-2-11-8-14(7-5-10-3-4-10)9-12(11)13-6-1/h10-13H,1-9H2/t11-,12+/m0/s1. The van der Waals surface area contributed by atoms with Crippen molar-refractivity contribution in [2.45, 2.75) is 38.1 Å². The van der Waals surface area contributed by atoms with E-state index in [1.807, 2.05) is 0 Å². The van der Waals surface area contributed by atoms with Gasteiger partial charge in [-0.2, -0.15) is 0 Å². The Morgan fingerprint density at radius 1 is 1.14 bits per heavy atom. The highest BCUT2D eigenvalue weighted by Crippen LogP contribution is 2.33. The van der Waals surface area contributed by atoms with Gasteiger partial charge in [0, 0.05) is 19.1 Å². The average molecular weight is 194 g/mol. The molecule has 3 aliphatic rings. The van der Waals surface area contributed by atoms with Crippen molar-refractivity contribution < 1.29 is 0 Å². The lowest BCUT2D eigenvalue weighted by atomic mass is 9.94. The smallest absolute Gasteiger partial charge is 0.0235 e. The average Bonchev–Trinajstić information content (AvgIpc) is 2.94. The molecule has 3 rings (SSSR count). The van der Waals surface area contributed by atoms with E-state index in [9.17, 15) is 0 Å². The molecule has 0 bridgehead atoms. The van der Waals surface area contributed by atoms with E-state index < -0.39 is 0 Å². The van der Waals surface area contributed by atoms with E-state index >= 15 is 0 Å². The van der Waals surface area contributed by atoms with Gasteiger partial charge in [-0.1, -0.05) is 12.8 Å². The summed E-state index contributed by atoms with van der Waals surface area (Å²) in [6.45, 7) is 5.35. The number of nitrogens with one attached hydrogen (secondary N) is 1. The number of fused-ring (bicyclic) bond motifs is 1. The van der Waals surface area contributed by atoms with Gasteiger partial charge in [0.15, 0.2) is 0 Å². The molecule has 0 unspecified atom stereocenters. The fraction of sp³-hybridized carbons (Fsp3) is 1.00. The first-order valence-electron chi connectivity index (χ1n) is 6.37. The molecule has 0 spiro atoms. The van der Waals surface area contributed by atoms with Crippen LogP contribution < -0.4 is 5.32 Å². The Morgan fingerprint density at radius 2 is 2.07 bits per heavy atom. The fourth-order valence-electron chi connectivity index (χ4n) is 3.09. The van der Waals surface area contributed by atoms with Gasteiger partial charge in [0.05, 0.1) is 0 Å². The summed E-state index contributed by atoms with van der Waals surface area (Å²) in [5, 5.41) is 3.67. The molecule has 0 aromatic heterocycles. The molecule has 0 radical (unpaired) electrons. The third-order valence-corrected chi connectivity index (χ3v) is 4.23. The minimum absolute atomic E-state index is 0.836. The second-order valence-electron chi connectivity index (χ2n) is 5.45. The summed E-state index contributed by atoms with van der Waals surface area (Å²) < 4.78 is 0. The molecule has 2 nitrogen and oxygen atoms in total. The molecular formula is C12H22N2. The van der Waals surface area contributed by atoms with Crippen LogP contribution >= 0.6 is 0 Å². The summed E-state index contributed by atoms with van der Waals surface area (Å²) in [4.78, 5) is 2.70. The lowest BCUT2D eigenvalue weighted by molar-refractivity contribution is 0.309. The van der Waals surface area contributed by atoms with Crippen LogP contribution in [0.5, 0.6) is 0 Å². The second-order valence-corrected chi connectivity index (χ2v) is 5.45. The predicted octanol–water partition coefficient (Wildman–Crippen LogP) is 1.47. The number of hydrogen-bond donors (Lipinski definition) is 1. The Labute approximate surface area is 87.0 Å². The number of likely N-dealkylation sites (tertiary alicyclic amines) is 1. The van der Waals surface area contributed by atoms with Crippen molar-refractivity contribution in [1.82, 2.24) is 10.2 Å². The SMILES string of the molecule is C1CN[C@@H]2CN(CCC3CC3)C[C@@H]2C1. The summed E-state index contributed by atoms with van der Waals surface area (Å²) in [7, 11) is 0. The molecule has 0 aromatic carbocycles. The molecule has 2 atom stereocenters. The number of nitrogens with zero attached hydrogens (tertiary/aromatic N) is 1. The largest absolute Gasteiger partial charge is 0.312 e. The van der Waals surface area contributed by atoms with E-state index in [1.54, 1.807) is 0 Å². The zero-order valence-corrected chi connectivity index (χ0v) is 9.04. The van der Waals surface area contributed by atoms with Crippen molar-refractivity contribution in [2.24, 2.45) is 11.8 Å². The molecule has 2 aliphatic heterocycles. The van der Waals surface area contributed by atoms with E-state index in [0.717, 1.165) is 17.9 Å². The van der Waals surface area contributed by atoms with Crippen LogP contribution in [0.3, 0.4) is 0 Å². The van der Waals surface area contributed by atoms with E-state index in [1.165, 1.54) is 58.3 Å². The van der Waals surface area contributed by atoms with Gasteiger partial charge >= 0.3 is 0 Å². The summed E-state index contributed by atoms with van der Waals surface area (Å²) in [5.74, 6) is 2.08. The van der Waals surface area contributed by atoms with Gasteiger partial charge in [0.2, 0.25) is 0 Å². The lowest BCUT2D eigenvalue weighted by Crippen LogP contribution is -2.40. The summed E-state index contributed by atoms with van der Waals surface area (Å²) in [6, 6.07) is 0.836. The Bertz CT molecular complexity index is 186. The van der Waals surface area contributed by atoms with E-state index in [2.05, 4.69) is 10.2 Å². The summed E-state index contributed by atoms with van der Waals surface area (Å²) >= 11 is 0. The van der Waals surface area contributed by atoms with Gasteiger partial charge in [-0.25, -0.2) is 0 Å². The molecular weight excluding hydrogens is 172 g/mol. The van der Waals surface area contributed by atoms with Crippen LogP contribution in [0.4, 0.5) is 0 Å². The lowest BCUT2D eigenvalue weighted by Gasteiger charge is -2.24. The van der Waals surface area contributed by atoms with E-state index in [4.69, 9.17) is 0 Å². The molecule has 2 heterocycles. The molecule has 14 heavy (non-hydrogen) atoms. The normalized spacial score (nSPS) is 38.6. The second kappa shape index (κ2) is 3.82. The molecule has 2 saturated heterocycles. The summed E-state index contributed by atoms with van der Waals surface area (Å²) in [6.07, 6.45) is 7.37. The maximum Gasteiger partial charge on any atom is 0.0235 e.